The summed E-state index contributed by atoms with van der Waals surface area (Å²) < 4.78 is 49.8. The smallest absolute Gasteiger partial charge is 0.416 e. The van der Waals surface area contributed by atoms with E-state index in [0.29, 0.717) is 12.4 Å². The number of halogens is 4. The number of hydrogen-bond acceptors (Lipinski definition) is 4. The van der Waals surface area contributed by atoms with Gasteiger partial charge in [-0.05, 0) is 30.5 Å². The molecule has 0 radical (unpaired) electrons. The number of rotatable bonds is 6. The fourth-order valence-corrected chi connectivity index (χ4v) is 3.14. The van der Waals surface area contributed by atoms with Crippen molar-refractivity contribution in [1.29, 1.82) is 0 Å². The van der Waals surface area contributed by atoms with Gasteiger partial charge >= 0.3 is 6.18 Å². The molecule has 0 aliphatic carbocycles. The van der Waals surface area contributed by atoms with E-state index in [1.165, 1.54) is 24.3 Å². The molecule has 0 saturated heterocycles. The fourth-order valence-electron chi connectivity index (χ4n) is 2.74. The van der Waals surface area contributed by atoms with E-state index in [9.17, 15) is 23.1 Å². The molecule has 3 aromatic rings. The van der Waals surface area contributed by atoms with Crippen LogP contribution in [0.15, 0.2) is 51.9 Å². The van der Waals surface area contributed by atoms with Crippen molar-refractivity contribution >= 4 is 26.9 Å². The fraction of sp³-hybridized carbons (Fsp3) is 0.250. The van der Waals surface area contributed by atoms with Gasteiger partial charge in [0.15, 0.2) is 0 Å². The lowest BCUT2D eigenvalue weighted by molar-refractivity contribution is -0.137. The van der Waals surface area contributed by atoms with Gasteiger partial charge in [-0.3, -0.25) is 4.79 Å². The van der Waals surface area contributed by atoms with Gasteiger partial charge in [0, 0.05) is 17.5 Å². The standard InChI is InChI=1S/C20H16BrF3O4/c21-6-1-2-7-27-14-9-16(25)18-17(10-14)28-11-15(19(18)26)12-4-3-5-13(8-12)20(22,23)24/h3-5,8-11,25H,1-2,6-7H2. The average Bonchev–Trinajstić information content (AvgIpc) is 2.64. The highest BCUT2D eigenvalue weighted by atomic mass is 79.9. The van der Waals surface area contributed by atoms with Crippen LogP contribution in [0.4, 0.5) is 13.2 Å². The van der Waals surface area contributed by atoms with Gasteiger partial charge in [-0.25, -0.2) is 0 Å². The first kappa shape index (κ1) is 20.3. The first-order valence-electron chi connectivity index (χ1n) is 8.46. The van der Waals surface area contributed by atoms with E-state index in [0.717, 1.165) is 36.6 Å². The minimum absolute atomic E-state index is 0.0555. The van der Waals surface area contributed by atoms with Crippen LogP contribution in [0, 0.1) is 0 Å². The normalized spacial score (nSPS) is 11.7. The van der Waals surface area contributed by atoms with Crippen molar-refractivity contribution in [2.75, 3.05) is 11.9 Å². The zero-order valence-electron chi connectivity index (χ0n) is 14.6. The van der Waals surface area contributed by atoms with Crippen LogP contribution in [-0.2, 0) is 6.18 Å². The lowest BCUT2D eigenvalue weighted by Gasteiger charge is -2.10. The first-order valence-corrected chi connectivity index (χ1v) is 9.58. The van der Waals surface area contributed by atoms with Gasteiger partial charge in [0.1, 0.15) is 28.7 Å². The highest BCUT2D eigenvalue weighted by Gasteiger charge is 2.30. The number of phenols is 1. The Kier molecular flexibility index (Phi) is 5.98. The van der Waals surface area contributed by atoms with E-state index in [-0.39, 0.29) is 27.8 Å². The summed E-state index contributed by atoms with van der Waals surface area (Å²) >= 11 is 3.32. The zero-order valence-corrected chi connectivity index (χ0v) is 16.1. The molecule has 2 aromatic carbocycles. The second-order valence-electron chi connectivity index (χ2n) is 6.12. The predicted molar refractivity (Wildman–Crippen MR) is 103 cm³/mol. The zero-order chi connectivity index (χ0) is 20.3. The summed E-state index contributed by atoms with van der Waals surface area (Å²) in [5.74, 6) is -0.00916. The molecule has 3 rings (SSSR count). The summed E-state index contributed by atoms with van der Waals surface area (Å²) in [7, 11) is 0. The van der Waals surface area contributed by atoms with Gasteiger partial charge in [-0.2, -0.15) is 13.2 Å². The number of hydrogen-bond donors (Lipinski definition) is 1. The monoisotopic (exact) mass is 456 g/mol. The molecule has 0 fully saturated rings. The number of fused-ring (bicyclic) bond motifs is 1. The third-order valence-electron chi connectivity index (χ3n) is 4.13. The maximum absolute atomic E-state index is 12.9. The lowest BCUT2D eigenvalue weighted by atomic mass is 10.0. The summed E-state index contributed by atoms with van der Waals surface area (Å²) in [4.78, 5) is 12.8. The Balaban J connectivity index is 2.00. The molecule has 8 heteroatoms. The molecule has 0 atom stereocenters. The number of aromatic hydroxyl groups is 1. The second-order valence-corrected chi connectivity index (χ2v) is 6.91. The van der Waals surface area contributed by atoms with Crippen molar-refractivity contribution in [2.24, 2.45) is 0 Å². The minimum atomic E-state index is -4.53. The molecule has 1 N–H and O–H groups in total. The van der Waals surface area contributed by atoms with Crippen LogP contribution in [-0.4, -0.2) is 17.0 Å². The minimum Gasteiger partial charge on any atom is -0.507 e. The quantitative estimate of drug-likeness (QED) is 0.379. The molecule has 4 nitrogen and oxygen atoms in total. The highest BCUT2D eigenvalue weighted by Crippen LogP contribution is 2.33. The summed E-state index contributed by atoms with van der Waals surface area (Å²) in [6.07, 6.45) is -1.71. The SMILES string of the molecule is O=c1c(-c2cccc(C(F)(F)F)c2)coc2cc(OCCCCBr)cc(O)c12. The number of phenolic OH excluding ortho intramolecular Hbond substituents is 1. The van der Waals surface area contributed by atoms with Crippen LogP contribution in [0.3, 0.4) is 0 Å². The second kappa shape index (κ2) is 8.26. The molecule has 0 amide bonds. The Morgan fingerprint density at radius 2 is 1.93 bits per heavy atom. The molecular weight excluding hydrogens is 441 g/mol. The van der Waals surface area contributed by atoms with Crippen molar-refractivity contribution < 1.29 is 27.4 Å². The molecule has 0 aliphatic heterocycles. The van der Waals surface area contributed by atoms with E-state index in [4.69, 9.17) is 9.15 Å². The molecule has 1 heterocycles. The first-order chi connectivity index (χ1) is 13.3. The van der Waals surface area contributed by atoms with Crippen molar-refractivity contribution in [2.45, 2.75) is 19.0 Å². The van der Waals surface area contributed by atoms with E-state index >= 15 is 0 Å². The summed E-state index contributed by atoms with van der Waals surface area (Å²) in [6.45, 7) is 0.434. The maximum atomic E-state index is 12.9. The van der Waals surface area contributed by atoms with E-state index < -0.39 is 17.2 Å². The number of benzene rings is 2. The van der Waals surface area contributed by atoms with Gasteiger partial charge in [-0.1, -0.05) is 28.1 Å². The summed E-state index contributed by atoms with van der Waals surface area (Å²) in [6, 6.07) is 7.15. The van der Waals surface area contributed by atoms with Crippen LogP contribution in [0.2, 0.25) is 0 Å². The maximum Gasteiger partial charge on any atom is 0.416 e. The van der Waals surface area contributed by atoms with Crippen molar-refractivity contribution in [3.8, 4) is 22.6 Å². The van der Waals surface area contributed by atoms with Gasteiger partial charge in [0.25, 0.3) is 0 Å². The third kappa shape index (κ3) is 4.32. The Labute approximate surface area is 166 Å². The van der Waals surface area contributed by atoms with Gasteiger partial charge in [0.2, 0.25) is 5.43 Å². The molecule has 0 aliphatic rings. The number of ether oxygens (including phenoxy) is 1. The predicted octanol–water partition coefficient (Wildman–Crippen LogP) is 5.74. The van der Waals surface area contributed by atoms with E-state index in [2.05, 4.69) is 15.9 Å². The molecular formula is C20H16BrF3O4. The molecule has 1 aromatic heterocycles. The number of alkyl halides is 4. The van der Waals surface area contributed by atoms with Crippen LogP contribution in [0.25, 0.3) is 22.1 Å². The average molecular weight is 457 g/mol. The number of unbranched alkanes of at least 4 members (excludes halogenated alkanes) is 1. The van der Waals surface area contributed by atoms with Gasteiger partial charge in [-0.15, -0.1) is 0 Å². The van der Waals surface area contributed by atoms with Crippen LogP contribution in [0.1, 0.15) is 18.4 Å². The van der Waals surface area contributed by atoms with Crippen molar-refractivity contribution in [3.63, 3.8) is 0 Å². The highest BCUT2D eigenvalue weighted by molar-refractivity contribution is 9.09. The third-order valence-corrected chi connectivity index (χ3v) is 4.69. The summed E-state index contributed by atoms with van der Waals surface area (Å²) in [5.41, 5.74) is -1.42. The molecule has 0 spiro atoms. The topological polar surface area (TPSA) is 59.7 Å². The molecule has 0 unspecified atom stereocenters. The van der Waals surface area contributed by atoms with Crippen LogP contribution >= 0.6 is 15.9 Å². The van der Waals surface area contributed by atoms with E-state index in [1.807, 2.05) is 0 Å². The van der Waals surface area contributed by atoms with Gasteiger partial charge in [0.05, 0.1) is 17.7 Å². The van der Waals surface area contributed by atoms with Crippen molar-refractivity contribution in [3.05, 3.63) is 58.4 Å². The molecule has 0 bridgehead atoms. The van der Waals surface area contributed by atoms with Crippen molar-refractivity contribution in [1.82, 2.24) is 0 Å². The molecule has 0 saturated carbocycles. The summed E-state index contributed by atoms with van der Waals surface area (Å²) in [5, 5.41) is 11.0. The van der Waals surface area contributed by atoms with E-state index in [1.54, 1.807) is 0 Å². The molecule has 28 heavy (non-hydrogen) atoms. The Morgan fingerprint density at radius 3 is 2.64 bits per heavy atom. The van der Waals surface area contributed by atoms with Gasteiger partial charge < -0.3 is 14.3 Å². The Morgan fingerprint density at radius 1 is 1.14 bits per heavy atom. The van der Waals surface area contributed by atoms with Crippen LogP contribution in [0.5, 0.6) is 11.5 Å². The molecule has 148 valence electrons. The Bertz CT molecular complexity index is 1040. The lowest BCUT2D eigenvalue weighted by Crippen LogP contribution is -2.08. The largest absolute Gasteiger partial charge is 0.507 e. The Hall–Kier alpha value is -2.48. The van der Waals surface area contributed by atoms with Crippen LogP contribution < -0.4 is 10.2 Å².